The lowest BCUT2D eigenvalue weighted by Crippen LogP contribution is -2.49. The van der Waals surface area contributed by atoms with Crippen LogP contribution in [0.15, 0.2) is 24.3 Å². The van der Waals surface area contributed by atoms with Gasteiger partial charge in [-0.25, -0.2) is 0 Å². The van der Waals surface area contributed by atoms with Gasteiger partial charge in [0.2, 0.25) is 0 Å². The summed E-state index contributed by atoms with van der Waals surface area (Å²) >= 11 is 0. The summed E-state index contributed by atoms with van der Waals surface area (Å²) in [5.74, 6) is 2.11. The molecule has 110 valence electrons. The van der Waals surface area contributed by atoms with Gasteiger partial charge in [-0.3, -0.25) is 4.79 Å². The van der Waals surface area contributed by atoms with E-state index >= 15 is 0 Å². The summed E-state index contributed by atoms with van der Waals surface area (Å²) in [5, 5.41) is 0. The van der Waals surface area contributed by atoms with E-state index in [9.17, 15) is 4.79 Å². The molecule has 0 N–H and O–H groups in total. The lowest BCUT2D eigenvalue weighted by molar-refractivity contribution is -0.134. The Balaban J connectivity index is 1.95. The van der Waals surface area contributed by atoms with Crippen LogP contribution >= 0.6 is 0 Å². The van der Waals surface area contributed by atoms with Crippen LogP contribution in [-0.2, 0) is 4.79 Å². The van der Waals surface area contributed by atoms with Crippen molar-refractivity contribution in [1.29, 1.82) is 0 Å². The molecule has 0 unspecified atom stereocenters. The highest BCUT2D eigenvalue weighted by Gasteiger charge is 2.52. The summed E-state index contributed by atoms with van der Waals surface area (Å²) in [7, 11) is 0. The number of Topliss-reactive ketones (excluding diaryl/α,β-unsaturated/α-hetero) is 1. The summed E-state index contributed by atoms with van der Waals surface area (Å²) < 4.78 is 0. The molecule has 2 saturated carbocycles. The highest BCUT2D eigenvalue weighted by molar-refractivity contribution is 5.82. The molecular weight excluding hydrogens is 244 g/mol. The highest BCUT2D eigenvalue weighted by Crippen LogP contribution is 2.60. The first-order valence-electron chi connectivity index (χ1n) is 8.27. The summed E-state index contributed by atoms with van der Waals surface area (Å²) in [5.41, 5.74) is 2.23. The van der Waals surface area contributed by atoms with Crippen molar-refractivity contribution in [3.8, 4) is 0 Å². The number of carbonyl (C=O) groups is 1. The van der Waals surface area contributed by atoms with Gasteiger partial charge in [0.15, 0.2) is 0 Å². The molecule has 0 radical (unpaired) electrons. The first-order chi connectivity index (χ1) is 9.39. The van der Waals surface area contributed by atoms with Crippen molar-refractivity contribution < 1.29 is 4.79 Å². The third-order valence-corrected chi connectivity index (χ3v) is 6.81. The molecule has 1 nitrogen and oxygen atoms in total. The van der Waals surface area contributed by atoms with Gasteiger partial charge in [-0.1, -0.05) is 38.5 Å². The van der Waals surface area contributed by atoms with Gasteiger partial charge in [0.25, 0.3) is 0 Å². The standard InChI is InChI=1S/C19H28O/c1-5-18(3)10-8-16-14(12-18)6-7-15-13(2)17(20)9-11-19(15,16)4/h5,12-13,15-16H,1,6-11H2,2-4H3/t13-,15-,16-,18+,19-/m0/s1. The van der Waals surface area contributed by atoms with Crippen molar-refractivity contribution in [2.24, 2.45) is 28.6 Å². The predicted octanol–water partition coefficient (Wildman–Crippen LogP) is 4.93. The van der Waals surface area contributed by atoms with Gasteiger partial charge in [-0.15, -0.1) is 6.58 Å². The Morgan fingerprint density at radius 3 is 2.70 bits per heavy atom. The number of carbonyl (C=O) groups excluding carboxylic acids is 1. The fourth-order valence-corrected chi connectivity index (χ4v) is 5.33. The molecule has 20 heavy (non-hydrogen) atoms. The average molecular weight is 272 g/mol. The van der Waals surface area contributed by atoms with Crippen molar-refractivity contribution in [3.63, 3.8) is 0 Å². The largest absolute Gasteiger partial charge is 0.299 e. The van der Waals surface area contributed by atoms with E-state index in [1.807, 2.05) is 0 Å². The van der Waals surface area contributed by atoms with Crippen molar-refractivity contribution in [1.82, 2.24) is 0 Å². The minimum Gasteiger partial charge on any atom is -0.299 e. The van der Waals surface area contributed by atoms with Gasteiger partial charge in [-0.05, 0) is 49.4 Å². The zero-order valence-corrected chi connectivity index (χ0v) is 13.2. The van der Waals surface area contributed by atoms with Crippen LogP contribution in [0.5, 0.6) is 0 Å². The van der Waals surface area contributed by atoms with Gasteiger partial charge >= 0.3 is 0 Å². The normalized spacial score (nSPS) is 48.0. The number of allylic oxidation sites excluding steroid dienone is 3. The first-order valence-corrected chi connectivity index (χ1v) is 8.27. The summed E-state index contributed by atoms with van der Waals surface area (Å²) in [4.78, 5) is 12.1. The maximum absolute atomic E-state index is 12.1. The van der Waals surface area contributed by atoms with Gasteiger partial charge < -0.3 is 0 Å². The van der Waals surface area contributed by atoms with E-state index in [0.29, 0.717) is 23.0 Å². The molecule has 0 aromatic rings. The number of ketones is 1. The molecule has 0 aromatic heterocycles. The second kappa shape index (κ2) is 4.58. The lowest BCUT2D eigenvalue weighted by Gasteiger charge is -2.55. The van der Waals surface area contributed by atoms with Gasteiger partial charge in [0.05, 0.1) is 0 Å². The van der Waals surface area contributed by atoms with E-state index in [-0.39, 0.29) is 11.3 Å². The maximum Gasteiger partial charge on any atom is 0.136 e. The highest BCUT2D eigenvalue weighted by atomic mass is 16.1. The smallest absolute Gasteiger partial charge is 0.136 e. The summed E-state index contributed by atoms with van der Waals surface area (Å²) in [6.07, 6.45) is 11.4. The lowest BCUT2D eigenvalue weighted by atomic mass is 9.48. The molecule has 0 heterocycles. The van der Waals surface area contributed by atoms with E-state index in [0.717, 1.165) is 12.8 Å². The fraction of sp³-hybridized carbons (Fsp3) is 0.737. The van der Waals surface area contributed by atoms with Crippen LogP contribution in [0.3, 0.4) is 0 Å². The Labute approximate surface area is 123 Å². The Bertz CT molecular complexity index is 474. The Kier molecular flexibility index (Phi) is 3.23. The van der Waals surface area contributed by atoms with Crippen LogP contribution < -0.4 is 0 Å². The van der Waals surface area contributed by atoms with E-state index in [1.165, 1.54) is 25.7 Å². The average Bonchev–Trinajstić information content (AvgIpc) is 2.43. The van der Waals surface area contributed by atoms with Crippen LogP contribution in [0.1, 0.15) is 59.3 Å². The predicted molar refractivity (Wildman–Crippen MR) is 83.3 cm³/mol. The van der Waals surface area contributed by atoms with Crippen molar-refractivity contribution in [2.75, 3.05) is 0 Å². The van der Waals surface area contributed by atoms with Crippen LogP contribution in [0, 0.1) is 28.6 Å². The van der Waals surface area contributed by atoms with Crippen LogP contribution in [0.2, 0.25) is 0 Å². The molecule has 0 aromatic carbocycles. The Hall–Kier alpha value is -0.850. The second-order valence-corrected chi connectivity index (χ2v) is 7.93. The molecule has 3 aliphatic rings. The summed E-state index contributed by atoms with van der Waals surface area (Å²) in [6, 6.07) is 0. The number of hydrogen-bond acceptors (Lipinski definition) is 1. The molecule has 2 fully saturated rings. The van der Waals surface area contributed by atoms with E-state index < -0.39 is 0 Å². The Morgan fingerprint density at radius 1 is 1.25 bits per heavy atom. The Morgan fingerprint density at radius 2 is 2.00 bits per heavy atom. The monoisotopic (exact) mass is 272 g/mol. The SMILES string of the molecule is C=C[C@@]1(C)C=C2CC[C@H]3[C@H](C)C(=O)CC[C@]3(C)[C@H]2CC1. The van der Waals surface area contributed by atoms with Gasteiger partial charge in [0.1, 0.15) is 5.78 Å². The molecule has 3 aliphatic carbocycles. The molecule has 3 rings (SSSR count). The van der Waals surface area contributed by atoms with Gasteiger partial charge in [0, 0.05) is 17.8 Å². The zero-order valence-electron chi connectivity index (χ0n) is 13.2. The molecule has 0 saturated heterocycles. The second-order valence-electron chi connectivity index (χ2n) is 7.93. The minimum absolute atomic E-state index is 0.200. The van der Waals surface area contributed by atoms with Crippen LogP contribution in [0.4, 0.5) is 0 Å². The number of hydrogen-bond donors (Lipinski definition) is 0. The summed E-state index contributed by atoms with van der Waals surface area (Å²) in [6.45, 7) is 11.0. The van der Waals surface area contributed by atoms with Crippen molar-refractivity contribution >= 4 is 5.78 Å². The van der Waals surface area contributed by atoms with Crippen LogP contribution in [-0.4, -0.2) is 5.78 Å². The van der Waals surface area contributed by atoms with E-state index in [2.05, 4.69) is 39.5 Å². The molecule has 0 aliphatic heterocycles. The molecule has 5 atom stereocenters. The molecular formula is C19H28O. The molecule has 0 spiro atoms. The molecule has 1 heteroatoms. The number of fused-ring (bicyclic) bond motifs is 3. The zero-order chi connectivity index (χ0) is 14.5. The van der Waals surface area contributed by atoms with Crippen LogP contribution in [0.25, 0.3) is 0 Å². The fourth-order valence-electron chi connectivity index (χ4n) is 5.33. The number of rotatable bonds is 1. The van der Waals surface area contributed by atoms with Crippen molar-refractivity contribution in [2.45, 2.75) is 59.3 Å². The first kappa shape index (κ1) is 14.1. The van der Waals surface area contributed by atoms with Gasteiger partial charge in [-0.2, -0.15) is 0 Å². The van der Waals surface area contributed by atoms with E-state index in [1.54, 1.807) is 5.57 Å². The molecule has 0 amide bonds. The quantitative estimate of drug-likeness (QED) is 0.618. The van der Waals surface area contributed by atoms with E-state index in [4.69, 9.17) is 0 Å². The third kappa shape index (κ3) is 1.93. The molecule has 0 bridgehead atoms. The van der Waals surface area contributed by atoms with Crippen molar-refractivity contribution in [3.05, 3.63) is 24.3 Å². The third-order valence-electron chi connectivity index (χ3n) is 6.81. The maximum atomic E-state index is 12.1. The minimum atomic E-state index is 0.200. The topological polar surface area (TPSA) is 17.1 Å².